The van der Waals surface area contributed by atoms with Gasteiger partial charge in [0.25, 0.3) is 5.91 Å². The van der Waals surface area contributed by atoms with Gasteiger partial charge in [-0.1, -0.05) is 22.9 Å². The van der Waals surface area contributed by atoms with Crippen molar-refractivity contribution < 1.29 is 14.0 Å². The van der Waals surface area contributed by atoms with E-state index in [9.17, 15) is 9.59 Å². The number of rotatable bonds is 3. The molecule has 1 aromatic carbocycles. The molecule has 2 aromatic heterocycles. The zero-order valence-corrected chi connectivity index (χ0v) is 15.3. The number of nitrogens with zero attached hydrogens (tertiary/aromatic N) is 2. The van der Waals surface area contributed by atoms with Crippen molar-refractivity contribution in [2.45, 2.75) is 12.8 Å². The Balaban J connectivity index is 1.44. The lowest BCUT2D eigenvalue weighted by molar-refractivity contribution is -0.121. The van der Waals surface area contributed by atoms with Gasteiger partial charge in [-0.25, -0.2) is 4.98 Å². The molecule has 0 unspecified atom stereocenters. The Kier molecular flexibility index (Phi) is 4.65. The van der Waals surface area contributed by atoms with Crippen molar-refractivity contribution in [3.8, 4) is 0 Å². The van der Waals surface area contributed by atoms with Crippen molar-refractivity contribution in [3.63, 3.8) is 0 Å². The topological polar surface area (TPSA) is 75.4 Å². The maximum atomic E-state index is 12.6. The largest absolute Gasteiger partial charge is 0.459 e. The molecule has 0 radical (unpaired) electrons. The number of thiazole rings is 1. The second-order valence-corrected chi connectivity index (χ2v) is 7.66. The summed E-state index contributed by atoms with van der Waals surface area (Å²) in [7, 11) is 0. The van der Waals surface area contributed by atoms with Crippen molar-refractivity contribution in [3.05, 3.63) is 47.4 Å². The Morgan fingerprint density at radius 1 is 1.35 bits per heavy atom. The van der Waals surface area contributed by atoms with E-state index in [4.69, 9.17) is 16.0 Å². The smallest absolute Gasteiger partial charge is 0.289 e. The minimum Gasteiger partial charge on any atom is -0.459 e. The van der Waals surface area contributed by atoms with Crippen molar-refractivity contribution in [2.75, 3.05) is 18.4 Å². The summed E-state index contributed by atoms with van der Waals surface area (Å²) in [6, 6.07) is 8.75. The van der Waals surface area contributed by atoms with Crippen LogP contribution in [0.5, 0.6) is 0 Å². The number of nitrogens with one attached hydrogen (secondary N) is 1. The predicted molar refractivity (Wildman–Crippen MR) is 101 cm³/mol. The Bertz CT molecular complexity index is 954. The Morgan fingerprint density at radius 3 is 3.04 bits per heavy atom. The number of furan rings is 1. The summed E-state index contributed by atoms with van der Waals surface area (Å²) in [4.78, 5) is 31.1. The molecule has 1 atom stereocenters. The van der Waals surface area contributed by atoms with E-state index in [0.29, 0.717) is 29.0 Å². The van der Waals surface area contributed by atoms with Gasteiger partial charge in [0.1, 0.15) is 0 Å². The van der Waals surface area contributed by atoms with Gasteiger partial charge >= 0.3 is 0 Å². The molecule has 6 nitrogen and oxygen atoms in total. The van der Waals surface area contributed by atoms with Gasteiger partial charge in [0.05, 0.1) is 22.4 Å². The highest BCUT2D eigenvalue weighted by Gasteiger charge is 2.30. The minimum absolute atomic E-state index is 0.118. The molecule has 1 fully saturated rings. The van der Waals surface area contributed by atoms with Gasteiger partial charge in [-0.3, -0.25) is 9.59 Å². The number of carbonyl (C=O) groups is 2. The fraction of sp³-hybridized carbons (Fsp3) is 0.278. The van der Waals surface area contributed by atoms with Gasteiger partial charge in [-0.15, -0.1) is 0 Å². The average molecular weight is 390 g/mol. The summed E-state index contributed by atoms with van der Waals surface area (Å²) in [6.07, 6.45) is 2.99. The lowest BCUT2D eigenvalue weighted by atomic mass is 9.97. The fourth-order valence-electron chi connectivity index (χ4n) is 3.09. The molecule has 1 aliphatic heterocycles. The third kappa shape index (κ3) is 3.45. The Labute approximate surface area is 158 Å². The number of likely N-dealkylation sites (tertiary alicyclic amines) is 1. The van der Waals surface area contributed by atoms with Crippen molar-refractivity contribution in [1.82, 2.24) is 9.88 Å². The molecule has 4 rings (SSSR count). The van der Waals surface area contributed by atoms with Crippen LogP contribution in [0.25, 0.3) is 10.2 Å². The monoisotopic (exact) mass is 389 g/mol. The molecule has 1 aliphatic rings. The molecule has 1 saturated heterocycles. The molecule has 2 amide bonds. The Morgan fingerprint density at radius 2 is 2.23 bits per heavy atom. The number of amides is 2. The van der Waals surface area contributed by atoms with E-state index in [1.807, 2.05) is 12.1 Å². The predicted octanol–water partition coefficient (Wildman–Crippen LogP) is 4.03. The van der Waals surface area contributed by atoms with Crippen LogP contribution in [0.4, 0.5) is 5.13 Å². The number of aromatic nitrogens is 1. The molecule has 0 spiro atoms. The molecule has 134 valence electrons. The van der Waals surface area contributed by atoms with E-state index < -0.39 is 0 Å². The summed E-state index contributed by atoms with van der Waals surface area (Å²) in [5.74, 6) is -0.262. The maximum Gasteiger partial charge on any atom is 0.289 e. The number of anilines is 1. The number of piperidine rings is 1. The zero-order valence-electron chi connectivity index (χ0n) is 13.8. The van der Waals surface area contributed by atoms with Gasteiger partial charge in [0.2, 0.25) is 5.91 Å². The van der Waals surface area contributed by atoms with Crippen LogP contribution < -0.4 is 5.32 Å². The first-order valence-electron chi connectivity index (χ1n) is 8.30. The lowest BCUT2D eigenvalue weighted by Gasteiger charge is -2.31. The van der Waals surface area contributed by atoms with Crippen molar-refractivity contribution in [1.29, 1.82) is 0 Å². The molecule has 0 bridgehead atoms. The minimum atomic E-state index is -0.265. The van der Waals surface area contributed by atoms with Gasteiger partial charge < -0.3 is 14.6 Å². The third-order valence-electron chi connectivity index (χ3n) is 4.39. The highest BCUT2D eigenvalue weighted by molar-refractivity contribution is 7.22. The summed E-state index contributed by atoms with van der Waals surface area (Å²) in [5, 5.41) is 4.06. The van der Waals surface area contributed by atoms with E-state index in [1.165, 1.54) is 17.6 Å². The van der Waals surface area contributed by atoms with Crippen molar-refractivity contribution >= 4 is 50.1 Å². The first-order valence-corrected chi connectivity index (χ1v) is 9.49. The van der Waals surface area contributed by atoms with Crippen LogP contribution in [0.1, 0.15) is 23.4 Å². The summed E-state index contributed by atoms with van der Waals surface area (Å²) < 4.78 is 6.09. The summed E-state index contributed by atoms with van der Waals surface area (Å²) >= 11 is 7.38. The number of hydrogen-bond acceptors (Lipinski definition) is 5. The molecule has 1 N–H and O–H groups in total. The standard InChI is InChI=1S/C18H16ClN3O3S/c19-12-5-6-13-15(9-12)26-18(20-13)21-16(23)11-3-1-7-22(10-11)17(24)14-4-2-8-25-14/h2,4-6,8-9,11H,1,3,7,10H2,(H,20,21,23)/t11-/m1/s1. The van der Waals surface area contributed by atoms with Crippen LogP contribution >= 0.6 is 22.9 Å². The molecule has 0 saturated carbocycles. The number of carbonyl (C=O) groups excluding carboxylic acids is 2. The van der Waals surface area contributed by atoms with Crippen LogP contribution in [-0.2, 0) is 4.79 Å². The molecule has 8 heteroatoms. The SMILES string of the molecule is O=C(Nc1nc2ccc(Cl)cc2s1)[C@@H]1CCCN(C(=O)c2ccco2)C1. The number of halogens is 1. The second kappa shape index (κ2) is 7.09. The van der Waals surface area contributed by atoms with E-state index >= 15 is 0 Å². The van der Waals surface area contributed by atoms with Gasteiger partial charge in [-0.05, 0) is 43.2 Å². The van der Waals surface area contributed by atoms with E-state index in [-0.39, 0.29) is 17.7 Å². The van der Waals surface area contributed by atoms with Crippen LogP contribution in [0.2, 0.25) is 5.02 Å². The van der Waals surface area contributed by atoms with Crippen LogP contribution in [0, 0.1) is 5.92 Å². The summed E-state index contributed by atoms with van der Waals surface area (Å²) in [5.41, 5.74) is 0.799. The van der Waals surface area contributed by atoms with Crippen LogP contribution in [0.3, 0.4) is 0 Å². The maximum absolute atomic E-state index is 12.6. The summed E-state index contributed by atoms with van der Waals surface area (Å²) in [6.45, 7) is 1.01. The van der Waals surface area contributed by atoms with E-state index in [1.54, 1.807) is 23.1 Å². The average Bonchev–Trinajstić information content (AvgIpc) is 3.30. The first-order chi connectivity index (χ1) is 12.6. The van der Waals surface area contributed by atoms with Crippen LogP contribution in [-0.4, -0.2) is 34.8 Å². The van der Waals surface area contributed by atoms with Gasteiger partial charge in [0.15, 0.2) is 10.9 Å². The van der Waals surface area contributed by atoms with E-state index in [2.05, 4.69) is 10.3 Å². The highest BCUT2D eigenvalue weighted by atomic mass is 35.5. The molecule has 3 aromatic rings. The number of hydrogen-bond donors (Lipinski definition) is 1. The molecular formula is C18H16ClN3O3S. The van der Waals surface area contributed by atoms with Gasteiger partial charge in [-0.2, -0.15) is 0 Å². The molecule has 26 heavy (non-hydrogen) atoms. The fourth-order valence-corrected chi connectivity index (χ4v) is 4.24. The second-order valence-electron chi connectivity index (χ2n) is 6.19. The van der Waals surface area contributed by atoms with E-state index in [0.717, 1.165) is 23.1 Å². The van der Waals surface area contributed by atoms with Crippen LogP contribution in [0.15, 0.2) is 41.0 Å². The third-order valence-corrected chi connectivity index (χ3v) is 5.56. The molecule has 3 heterocycles. The first kappa shape index (κ1) is 17.1. The number of benzene rings is 1. The quantitative estimate of drug-likeness (QED) is 0.733. The Hall–Kier alpha value is -2.38. The molecule has 0 aliphatic carbocycles. The highest BCUT2D eigenvalue weighted by Crippen LogP contribution is 2.29. The lowest BCUT2D eigenvalue weighted by Crippen LogP contribution is -2.43. The van der Waals surface area contributed by atoms with Crippen molar-refractivity contribution in [2.24, 2.45) is 5.92 Å². The van der Waals surface area contributed by atoms with Gasteiger partial charge in [0, 0.05) is 18.1 Å². The molecular weight excluding hydrogens is 374 g/mol. The normalized spacial score (nSPS) is 17.4. The number of fused-ring (bicyclic) bond motifs is 1. The zero-order chi connectivity index (χ0) is 18.1.